The van der Waals surface area contributed by atoms with Crippen LogP contribution in [-0.2, 0) is 17.3 Å². The molecule has 0 aromatic heterocycles. The van der Waals surface area contributed by atoms with Crippen molar-refractivity contribution in [1.29, 1.82) is 0 Å². The molecule has 3 N–H and O–H groups in total. The van der Waals surface area contributed by atoms with Crippen molar-refractivity contribution in [3.8, 4) is 0 Å². The van der Waals surface area contributed by atoms with Crippen molar-refractivity contribution in [2.24, 2.45) is 10.7 Å². The molecule has 0 spiro atoms. The number of benzene rings is 2. The first-order valence-electron chi connectivity index (χ1n) is 8.09. The molecule has 4 nitrogen and oxygen atoms in total. The van der Waals surface area contributed by atoms with E-state index in [0.717, 1.165) is 22.6 Å². The maximum absolute atomic E-state index is 11.4. The fourth-order valence-corrected chi connectivity index (χ4v) is 2.80. The van der Waals surface area contributed by atoms with Crippen molar-refractivity contribution in [3.63, 3.8) is 0 Å². The molecule has 2 unspecified atom stereocenters. The van der Waals surface area contributed by atoms with Crippen LogP contribution in [0.3, 0.4) is 0 Å². The van der Waals surface area contributed by atoms with E-state index in [1.807, 2.05) is 36.4 Å². The van der Waals surface area contributed by atoms with Crippen molar-refractivity contribution in [3.05, 3.63) is 59.7 Å². The normalized spacial score (nSPS) is 13.6. The standard InChI is InChI=1S/C19H25N3OS.HI/c1-4-14(2)16-7-9-17(10-8-16)22-19(20)21-13-15-5-11-18(12-6-15)24(3)23;/h5-12,14H,4,13H2,1-3H3,(H3,20,21,22);1H. The predicted octanol–water partition coefficient (Wildman–Crippen LogP) is 4.48. The van der Waals surface area contributed by atoms with Crippen molar-refractivity contribution < 1.29 is 4.21 Å². The lowest BCUT2D eigenvalue weighted by Gasteiger charge is -2.11. The number of hydrogen-bond acceptors (Lipinski definition) is 2. The zero-order valence-electron chi connectivity index (χ0n) is 14.9. The Morgan fingerprint density at radius 3 is 2.28 bits per heavy atom. The molecular formula is C19H26IN3OS. The van der Waals surface area contributed by atoms with Crippen molar-refractivity contribution >= 4 is 46.4 Å². The van der Waals surface area contributed by atoms with Gasteiger partial charge in [0.25, 0.3) is 0 Å². The van der Waals surface area contributed by atoms with E-state index in [1.54, 1.807) is 6.26 Å². The van der Waals surface area contributed by atoms with Gasteiger partial charge in [-0.2, -0.15) is 0 Å². The highest BCUT2D eigenvalue weighted by atomic mass is 127. The molecule has 0 aliphatic carbocycles. The lowest BCUT2D eigenvalue weighted by atomic mass is 9.99. The third kappa shape index (κ3) is 6.78. The molecule has 0 amide bonds. The van der Waals surface area contributed by atoms with Crippen molar-refractivity contribution in [2.75, 3.05) is 11.6 Å². The summed E-state index contributed by atoms with van der Waals surface area (Å²) in [7, 11) is -0.956. The van der Waals surface area contributed by atoms with Gasteiger partial charge in [-0.15, -0.1) is 24.0 Å². The SMILES string of the molecule is CCC(C)c1ccc(NC(N)=NCc2ccc(S(C)=O)cc2)cc1.I. The minimum atomic E-state index is -0.956. The molecule has 25 heavy (non-hydrogen) atoms. The lowest BCUT2D eigenvalue weighted by molar-refractivity contribution is 0.687. The first kappa shape index (κ1) is 21.6. The maximum Gasteiger partial charge on any atom is 0.193 e. The molecule has 2 aromatic carbocycles. The first-order chi connectivity index (χ1) is 11.5. The summed E-state index contributed by atoms with van der Waals surface area (Å²) in [6.07, 6.45) is 2.79. The van der Waals surface area contributed by atoms with Crippen LogP contribution in [0.1, 0.15) is 37.3 Å². The van der Waals surface area contributed by atoms with Crippen LogP contribution in [0, 0.1) is 0 Å². The zero-order valence-corrected chi connectivity index (χ0v) is 18.0. The van der Waals surface area contributed by atoms with Gasteiger partial charge in [0.1, 0.15) is 0 Å². The van der Waals surface area contributed by atoms with Gasteiger partial charge in [-0.25, -0.2) is 4.99 Å². The van der Waals surface area contributed by atoms with Gasteiger partial charge >= 0.3 is 0 Å². The average Bonchev–Trinajstić information content (AvgIpc) is 2.60. The molecule has 6 heteroatoms. The van der Waals surface area contributed by atoms with Crippen LogP contribution >= 0.6 is 24.0 Å². The fraction of sp³-hybridized carbons (Fsp3) is 0.316. The summed E-state index contributed by atoms with van der Waals surface area (Å²) in [5.41, 5.74) is 9.23. The van der Waals surface area contributed by atoms with E-state index >= 15 is 0 Å². The second-order valence-electron chi connectivity index (χ2n) is 5.86. The summed E-state index contributed by atoms with van der Waals surface area (Å²) in [5.74, 6) is 0.944. The molecule has 0 fully saturated rings. The first-order valence-corrected chi connectivity index (χ1v) is 9.64. The van der Waals surface area contributed by atoms with Crippen molar-refractivity contribution in [2.45, 2.75) is 37.6 Å². The quantitative estimate of drug-likeness (QED) is 0.371. The van der Waals surface area contributed by atoms with Crippen LogP contribution < -0.4 is 11.1 Å². The Balaban J connectivity index is 0.00000312. The molecule has 136 valence electrons. The number of nitrogens with one attached hydrogen (secondary N) is 1. The van der Waals surface area contributed by atoms with Gasteiger partial charge in [0.2, 0.25) is 0 Å². The molecule has 0 heterocycles. The summed E-state index contributed by atoms with van der Waals surface area (Å²) < 4.78 is 11.4. The summed E-state index contributed by atoms with van der Waals surface area (Å²) in [6.45, 7) is 4.89. The van der Waals surface area contributed by atoms with E-state index in [1.165, 1.54) is 5.56 Å². The Hall–Kier alpha value is -1.41. The van der Waals surface area contributed by atoms with Gasteiger partial charge in [0, 0.05) is 27.6 Å². The summed E-state index contributed by atoms with van der Waals surface area (Å²) in [4.78, 5) is 5.16. The number of anilines is 1. The Kier molecular flexibility index (Phi) is 9.13. The smallest absolute Gasteiger partial charge is 0.193 e. The molecule has 0 saturated heterocycles. The minimum absolute atomic E-state index is 0. The molecular weight excluding hydrogens is 445 g/mol. The Morgan fingerprint density at radius 2 is 1.76 bits per heavy atom. The van der Waals surface area contributed by atoms with Crippen LogP contribution in [0.25, 0.3) is 0 Å². The highest BCUT2D eigenvalue weighted by molar-refractivity contribution is 14.0. The molecule has 0 radical (unpaired) electrons. The van der Waals surface area contributed by atoms with Gasteiger partial charge in [0.15, 0.2) is 5.96 Å². The number of guanidine groups is 1. The van der Waals surface area contributed by atoms with E-state index in [2.05, 4.69) is 36.3 Å². The predicted molar refractivity (Wildman–Crippen MR) is 118 cm³/mol. The topological polar surface area (TPSA) is 67.5 Å². The van der Waals surface area contributed by atoms with E-state index in [0.29, 0.717) is 18.4 Å². The van der Waals surface area contributed by atoms with E-state index in [4.69, 9.17) is 5.73 Å². The van der Waals surface area contributed by atoms with E-state index < -0.39 is 10.8 Å². The van der Waals surface area contributed by atoms with Crippen LogP contribution in [0.4, 0.5) is 5.69 Å². The number of hydrogen-bond donors (Lipinski definition) is 2. The number of rotatable bonds is 6. The number of nitrogens with two attached hydrogens (primary N) is 1. The van der Waals surface area contributed by atoms with E-state index in [9.17, 15) is 4.21 Å². The molecule has 0 saturated carbocycles. The Labute approximate surface area is 169 Å². The molecule has 2 aromatic rings. The summed E-state index contributed by atoms with van der Waals surface area (Å²) in [5, 5.41) is 3.11. The minimum Gasteiger partial charge on any atom is -0.370 e. The zero-order chi connectivity index (χ0) is 17.5. The molecule has 2 atom stereocenters. The molecule has 0 aliphatic heterocycles. The largest absolute Gasteiger partial charge is 0.370 e. The van der Waals surface area contributed by atoms with Crippen LogP contribution in [0.15, 0.2) is 58.4 Å². The number of aliphatic imine (C=N–C) groups is 1. The van der Waals surface area contributed by atoms with Gasteiger partial charge < -0.3 is 11.1 Å². The van der Waals surface area contributed by atoms with Crippen LogP contribution in [-0.4, -0.2) is 16.4 Å². The summed E-state index contributed by atoms with van der Waals surface area (Å²) >= 11 is 0. The molecule has 2 rings (SSSR count). The van der Waals surface area contributed by atoms with Crippen LogP contribution in [0.2, 0.25) is 0 Å². The van der Waals surface area contributed by atoms with E-state index in [-0.39, 0.29) is 24.0 Å². The second kappa shape index (κ2) is 10.6. The molecule has 0 bridgehead atoms. The monoisotopic (exact) mass is 471 g/mol. The highest BCUT2D eigenvalue weighted by Crippen LogP contribution is 2.20. The molecule has 0 aliphatic rings. The van der Waals surface area contributed by atoms with Gasteiger partial charge in [-0.05, 0) is 47.7 Å². The maximum atomic E-state index is 11.4. The van der Waals surface area contributed by atoms with Gasteiger partial charge in [-0.3, -0.25) is 4.21 Å². The van der Waals surface area contributed by atoms with Crippen LogP contribution in [0.5, 0.6) is 0 Å². The Bertz CT molecular complexity index is 714. The van der Waals surface area contributed by atoms with Gasteiger partial charge in [-0.1, -0.05) is 38.1 Å². The summed E-state index contributed by atoms with van der Waals surface area (Å²) in [6, 6.07) is 15.9. The van der Waals surface area contributed by atoms with Crippen molar-refractivity contribution in [1.82, 2.24) is 0 Å². The average molecular weight is 471 g/mol. The third-order valence-corrected chi connectivity index (χ3v) is 4.99. The Morgan fingerprint density at radius 1 is 1.16 bits per heavy atom. The highest BCUT2D eigenvalue weighted by Gasteiger charge is 2.03. The third-order valence-electron chi connectivity index (χ3n) is 4.05. The fourth-order valence-electron chi connectivity index (χ4n) is 2.28. The second-order valence-corrected chi connectivity index (χ2v) is 7.24. The van der Waals surface area contributed by atoms with Gasteiger partial charge in [0.05, 0.1) is 6.54 Å². The number of halogens is 1. The lowest BCUT2D eigenvalue weighted by Crippen LogP contribution is -2.22. The number of nitrogens with zero attached hydrogens (tertiary/aromatic N) is 1.